The molecule has 11 aromatic rings. The van der Waals surface area contributed by atoms with E-state index in [-0.39, 0.29) is 41.6 Å². The number of hydrogen-bond donors (Lipinski definition) is 1. The molecule has 0 spiro atoms. The molecule has 0 aliphatic carbocycles. The van der Waals surface area contributed by atoms with E-state index in [1.807, 2.05) is 97.1 Å². The second-order valence-electron chi connectivity index (χ2n) is 22.5. The normalized spacial score (nSPS) is 13.1. The maximum atomic E-state index is 13.5. The molecular weight excluding hydrogens is 1140 g/mol. The van der Waals surface area contributed by atoms with Crippen molar-refractivity contribution in [3.05, 3.63) is 251 Å². The predicted octanol–water partition coefficient (Wildman–Crippen LogP) is 13.5. The lowest BCUT2D eigenvalue weighted by Gasteiger charge is -2.20. The Morgan fingerprint density at radius 3 is 1.55 bits per heavy atom. The van der Waals surface area contributed by atoms with Crippen LogP contribution in [-0.4, -0.2) is 58.0 Å². The molecule has 7 aromatic carbocycles. The second-order valence-corrected chi connectivity index (χ2v) is 24.2. The number of sulfonamides is 1. The smallest absolute Gasteiger partial charge is 0.416 e. The van der Waals surface area contributed by atoms with Crippen LogP contribution in [0.5, 0.6) is 5.75 Å². The Labute approximate surface area is 505 Å². The van der Waals surface area contributed by atoms with E-state index >= 15 is 0 Å². The molecule has 2 amide bonds. The zero-order chi connectivity index (χ0) is 61.8. The summed E-state index contributed by atoms with van der Waals surface area (Å²) in [5.74, 6) is -0.223. The van der Waals surface area contributed by atoms with Crippen LogP contribution in [0, 0.1) is 0 Å². The summed E-state index contributed by atoms with van der Waals surface area (Å²) in [5, 5.41) is 3.12. The van der Waals surface area contributed by atoms with Gasteiger partial charge in [0.2, 0.25) is 21.8 Å². The molecule has 1 N–H and O–H groups in total. The van der Waals surface area contributed by atoms with Crippen LogP contribution in [0.3, 0.4) is 0 Å². The van der Waals surface area contributed by atoms with Crippen LogP contribution in [0.25, 0.3) is 77.2 Å². The first-order chi connectivity index (χ1) is 42.1. The third-order valence-electron chi connectivity index (χ3n) is 15.6. The number of carbonyl (C=O) groups is 2. The predicted molar refractivity (Wildman–Crippen MR) is 341 cm³/mol. The van der Waals surface area contributed by atoms with Gasteiger partial charge in [0, 0.05) is 77.5 Å². The number of amides is 2. The Morgan fingerprint density at radius 2 is 1.08 bits per heavy atom. The third-order valence-corrected chi connectivity index (χ3v) is 17.3. The van der Waals surface area contributed by atoms with Crippen molar-refractivity contribution in [1.29, 1.82) is 0 Å². The van der Waals surface area contributed by atoms with Gasteiger partial charge in [-0.05, 0) is 176 Å². The van der Waals surface area contributed by atoms with E-state index in [1.165, 1.54) is 36.4 Å². The van der Waals surface area contributed by atoms with Crippen LogP contribution < -0.4 is 30.4 Å². The minimum absolute atomic E-state index is 0. The molecule has 2 aliphatic rings. The summed E-state index contributed by atoms with van der Waals surface area (Å²) < 4.78 is 76.4. The molecule has 6 heterocycles. The molecule has 0 atom stereocenters. The molecular formula is C70H58F3N7O7S. The van der Waals surface area contributed by atoms with Gasteiger partial charge in [-0.1, -0.05) is 79.9 Å². The first kappa shape index (κ1) is 58.1. The van der Waals surface area contributed by atoms with Crippen LogP contribution in [0.1, 0.15) is 44.5 Å². The largest absolute Gasteiger partial charge is 0.489 e. The van der Waals surface area contributed by atoms with Gasteiger partial charge in [-0.3, -0.25) is 38.3 Å². The Kier molecular flexibility index (Phi) is 15.1. The standard InChI is InChI=1S/C37H26F3N3O3.C33H30N4O4S.H2/c1-2-34(44)42-17-16-25-10-13-29(20-33(25)42)43-35(45)15-12-27-21-41-32-14-11-26(18-31(32)36(27)43)24-8-6-23(7-9-24)22-46-30-5-3-4-28(19-30)37(38,39)40;1-5-30(38)36-17-16-22-6-11-25(19-29(22)36)37-31(39)15-10-24-20-34-28-14-9-23(18-27(28)32(24)37)21-7-12-26(13-8-21)42(40,41)35-33(2,3)4;/h2-15,18-21H,1,16-17,22H2;5-15,18-20,35H,1,16-17H2,2-4H3;1H. The number of halogens is 3. The highest BCUT2D eigenvalue weighted by Gasteiger charge is 2.31. The van der Waals surface area contributed by atoms with Gasteiger partial charge in [0.05, 0.1) is 43.9 Å². The summed E-state index contributed by atoms with van der Waals surface area (Å²) >= 11 is 0. The van der Waals surface area contributed by atoms with E-state index in [0.29, 0.717) is 46.5 Å². The van der Waals surface area contributed by atoms with Crippen LogP contribution >= 0.6 is 0 Å². The number of nitrogens with zero attached hydrogens (tertiary/aromatic N) is 6. The molecule has 18 heteroatoms. The fourth-order valence-electron chi connectivity index (χ4n) is 11.4. The molecule has 0 fully saturated rings. The Morgan fingerprint density at radius 1 is 0.602 bits per heavy atom. The van der Waals surface area contributed by atoms with E-state index in [4.69, 9.17) is 4.74 Å². The molecule has 2 aliphatic heterocycles. The summed E-state index contributed by atoms with van der Waals surface area (Å²) in [4.78, 5) is 64.7. The summed E-state index contributed by atoms with van der Waals surface area (Å²) in [5.41, 5.74) is 10.2. The van der Waals surface area contributed by atoms with Crippen molar-refractivity contribution in [3.63, 3.8) is 0 Å². The maximum Gasteiger partial charge on any atom is 0.416 e. The fourth-order valence-corrected chi connectivity index (χ4v) is 12.8. The lowest BCUT2D eigenvalue weighted by Crippen LogP contribution is -2.40. The Balaban J connectivity index is 0.000000182. The summed E-state index contributed by atoms with van der Waals surface area (Å²) in [7, 11) is -3.67. The van der Waals surface area contributed by atoms with Crippen molar-refractivity contribution in [2.75, 3.05) is 22.9 Å². The molecule has 0 saturated heterocycles. The van der Waals surface area contributed by atoms with Gasteiger partial charge < -0.3 is 14.5 Å². The molecule has 13 rings (SSSR count). The minimum atomic E-state index is -4.44. The number of fused-ring (bicyclic) bond motifs is 8. The van der Waals surface area contributed by atoms with Crippen molar-refractivity contribution in [2.45, 2.75) is 56.8 Å². The zero-order valence-corrected chi connectivity index (χ0v) is 48.8. The van der Waals surface area contributed by atoms with Crippen molar-refractivity contribution < 1.29 is 37.3 Å². The van der Waals surface area contributed by atoms with Gasteiger partial charge in [0.25, 0.3) is 11.1 Å². The number of pyridine rings is 4. The van der Waals surface area contributed by atoms with Gasteiger partial charge in [0.1, 0.15) is 12.4 Å². The second kappa shape index (κ2) is 22.8. The fraction of sp³-hybridized carbons (Fsp3) is 0.143. The van der Waals surface area contributed by atoms with E-state index in [1.54, 1.807) is 88.5 Å². The average Bonchev–Trinajstić information content (AvgIpc) is 1.40. The maximum absolute atomic E-state index is 13.5. The Hall–Kier alpha value is -10.3. The molecule has 88 heavy (non-hydrogen) atoms. The Bertz CT molecular complexity index is 4930. The van der Waals surface area contributed by atoms with Crippen LogP contribution in [0.15, 0.2) is 222 Å². The molecule has 0 saturated carbocycles. The molecule has 442 valence electrons. The van der Waals surface area contributed by atoms with Crippen molar-refractivity contribution >= 4 is 76.8 Å². The lowest BCUT2D eigenvalue weighted by atomic mass is 10.0. The van der Waals surface area contributed by atoms with Gasteiger partial charge >= 0.3 is 6.18 Å². The highest BCUT2D eigenvalue weighted by atomic mass is 32.2. The quantitative estimate of drug-likeness (QED) is 0.0980. The number of carbonyl (C=O) groups excluding carboxylic acids is 2. The third kappa shape index (κ3) is 11.4. The minimum Gasteiger partial charge on any atom is -0.489 e. The SMILES string of the molecule is C=CC(=O)N1CCc2ccc(-n3c(=O)ccc4cnc5ccc(-c6ccc(COc7cccc(C(F)(F)F)c7)cc6)cc5c43)cc21.C=CC(=O)N1CCc2ccc(-n3c(=O)ccc4cnc5ccc(-c6ccc(S(=O)(=O)NC(C)(C)C)cc6)cc5c43)cc21.[HH]. The van der Waals surface area contributed by atoms with Gasteiger partial charge in [-0.15, -0.1) is 0 Å². The molecule has 4 aromatic heterocycles. The zero-order valence-electron chi connectivity index (χ0n) is 48.0. The van der Waals surface area contributed by atoms with E-state index in [9.17, 15) is 40.8 Å². The van der Waals surface area contributed by atoms with E-state index < -0.39 is 27.3 Å². The van der Waals surface area contributed by atoms with Gasteiger partial charge in [-0.2, -0.15) is 13.2 Å². The number of anilines is 2. The van der Waals surface area contributed by atoms with Crippen LogP contribution in [-0.2, 0) is 45.2 Å². The van der Waals surface area contributed by atoms with E-state index in [0.717, 1.165) is 96.8 Å². The molecule has 0 bridgehead atoms. The summed E-state index contributed by atoms with van der Waals surface area (Å²) in [6.07, 6.45) is 3.11. The first-order valence-corrected chi connectivity index (χ1v) is 29.7. The lowest BCUT2D eigenvalue weighted by molar-refractivity contribution is -0.137. The number of aromatic nitrogens is 4. The molecule has 0 unspecified atom stereocenters. The van der Waals surface area contributed by atoms with E-state index in [2.05, 4.69) is 27.8 Å². The monoisotopic (exact) mass is 1200 g/mol. The number of ether oxygens (including phenoxy) is 1. The topological polar surface area (TPSA) is 166 Å². The molecule has 14 nitrogen and oxygen atoms in total. The van der Waals surface area contributed by atoms with Gasteiger partial charge in [-0.25, -0.2) is 13.1 Å². The van der Waals surface area contributed by atoms with Crippen LogP contribution in [0.2, 0.25) is 0 Å². The number of rotatable bonds is 11. The van der Waals surface area contributed by atoms with Crippen molar-refractivity contribution in [3.8, 4) is 39.4 Å². The molecule has 0 radical (unpaired) electrons. The number of hydrogen-bond acceptors (Lipinski definition) is 9. The average molecular weight is 1200 g/mol. The van der Waals surface area contributed by atoms with Crippen molar-refractivity contribution in [2.24, 2.45) is 0 Å². The number of nitrogens with one attached hydrogen (secondary N) is 1. The first-order valence-electron chi connectivity index (χ1n) is 28.2. The van der Waals surface area contributed by atoms with Crippen molar-refractivity contribution in [1.82, 2.24) is 23.8 Å². The highest BCUT2D eigenvalue weighted by molar-refractivity contribution is 7.89. The number of alkyl halides is 3. The highest BCUT2D eigenvalue weighted by Crippen LogP contribution is 2.37. The summed E-state index contributed by atoms with van der Waals surface area (Å²) in [6.45, 7) is 13.9. The van der Waals surface area contributed by atoms with Crippen LogP contribution in [0.4, 0.5) is 24.5 Å². The van der Waals surface area contributed by atoms with Gasteiger partial charge in [0.15, 0.2) is 0 Å². The summed E-state index contributed by atoms with van der Waals surface area (Å²) in [6, 6.07) is 48.8. The number of benzene rings is 7.